The summed E-state index contributed by atoms with van der Waals surface area (Å²) in [7, 11) is 0. The van der Waals surface area contributed by atoms with Crippen LogP contribution in [0.5, 0.6) is 0 Å². The molecule has 1 aromatic carbocycles. The lowest BCUT2D eigenvalue weighted by atomic mass is 10.1. The van der Waals surface area contributed by atoms with Crippen molar-refractivity contribution in [1.82, 2.24) is 15.1 Å². The van der Waals surface area contributed by atoms with Crippen LogP contribution in [0.4, 0.5) is 5.69 Å². The minimum Gasteiger partial charge on any atom is -0.467 e. The van der Waals surface area contributed by atoms with Crippen LogP contribution in [0.25, 0.3) is 0 Å². The maximum atomic E-state index is 5.38. The van der Waals surface area contributed by atoms with Gasteiger partial charge in [0.2, 0.25) is 0 Å². The number of hydrogen-bond donors (Lipinski definition) is 2. The summed E-state index contributed by atoms with van der Waals surface area (Å²) in [6.45, 7) is 7.41. The Morgan fingerprint density at radius 2 is 1.92 bits per heavy atom. The predicted molar refractivity (Wildman–Crippen MR) is 104 cm³/mol. The summed E-state index contributed by atoms with van der Waals surface area (Å²) >= 11 is 5.38. The molecule has 0 saturated carbocycles. The Morgan fingerprint density at radius 3 is 2.60 bits per heavy atom. The molecule has 25 heavy (non-hydrogen) atoms. The molecule has 0 aliphatic rings. The zero-order chi connectivity index (χ0) is 17.8. The van der Waals surface area contributed by atoms with Crippen LogP contribution in [0.15, 0.2) is 47.1 Å². The number of furan rings is 1. The Labute approximate surface area is 153 Å². The van der Waals surface area contributed by atoms with E-state index in [1.807, 2.05) is 30.7 Å². The highest BCUT2D eigenvalue weighted by atomic mass is 32.1. The Kier molecular flexibility index (Phi) is 5.19. The van der Waals surface area contributed by atoms with Gasteiger partial charge in [0.25, 0.3) is 0 Å². The largest absolute Gasteiger partial charge is 0.467 e. The van der Waals surface area contributed by atoms with Crippen LogP contribution in [0.1, 0.15) is 28.3 Å². The summed E-state index contributed by atoms with van der Waals surface area (Å²) in [5.74, 6) is 0.840. The number of nitrogens with one attached hydrogen (secondary N) is 2. The fraction of sp³-hybridized carbons (Fsp3) is 0.263. The zero-order valence-corrected chi connectivity index (χ0v) is 15.5. The summed E-state index contributed by atoms with van der Waals surface area (Å²) in [5, 5.41) is 11.6. The fourth-order valence-electron chi connectivity index (χ4n) is 2.64. The lowest BCUT2D eigenvalue weighted by Crippen LogP contribution is -2.28. The molecular formula is C19H22N4OS. The van der Waals surface area contributed by atoms with Gasteiger partial charge in [-0.3, -0.25) is 4.68 Å². The van der Waals surface area contributed by atoms with E-state index in [1.165, 1.54) is 11.1 Å². The minimum atomic E-state index is 0.550. The Hall–Kier alpha value is -2.60. The van der Waals surface area contributed by atoms with Crippen molar-refractivity contribution < 1.29 is 4.42 Å². The zero-order valence-electron chi connectivity index (χ0n) is 14.7. The quantitative estimate of drug-likeness (QED) is 0.680. The highest BCUT2D eigenvalue weighted by molar-refractivity contribution is 7.80. The average Bonchev–Trinajstić information content (AvgIpc) is 3.19. The highest BCUT2D eigenvalue weighted by Crippen LogP contribution is 2.20. The summed E-state index contributed by atoms with van der Waals surface area (Å²) in [4.78, 5) is 0. The van der Waals surface area contributed by atoms with Gasteiger partial charge in [-0.05, 0) is 50.7 Å². The van der Waals surface area contributed by atoms with Crippen LogP contribution in [0.2, 0.25) is 0 Å². The van der Waals surface area contributed by atoms with Gasteiger partial charge in [0.05, 0.1) is 36.4 Å². The number of rotatable bonds is 5. The minimum absolute atomic E-state index is 0.550. The third kappa shape index (κ3) is 4.28. The van der Waals surface area contributed by atoms with E-state index in [1.54, 1.807) is 6.26 Å². The SMILES string of the molecule is Cc1ccc(Cn2nc(C)c(NC(=S)NCc3ccco3)c2C)cc1. The highest BCUT2D eigenvalue weighted by Gasteiger charge is 2.13. The molecule has 0 atom stereocenters. The lowest BCUT2D eigenvalue weighted by Gasteiger charge is -2.10. The molecule has 2 heterocycles. The predicted octanol–water partition coefficient (Wildman–Crippen LogP) is 3.94. The van der Waals surface area contributed by atoms with Crippen LogP contribution in [-0.2, 0) is 13.1 Å². The third-order valence-corrected chi connectivity index (χ3v) is 4.32. The second-order valence-corrected chi connectivity index (χ2v) is 6.48. The van der Waals surface area contributed by atoms with Gasteiger partial charge in [-0.25, -0.2) is 0 Å². The summed E-state index contributed by atoms with van der Waals surface area (Å²) in [5.41, 5.74) is 5.41. The Morgan fingerprint density at radius 1 is 1.16 bits per heavy atom. The van der Waals surface area contributed by atoms with Gasteiger partial charge < -0.3 is 15.1 Å². The maximum absolute atomic E-state index is 5.38. The smallest absolute Gasteiger partial charge is 0.171 e. The van der Waals surface area contributed by atoms with Crippen molar-refractivity contribution in [2.45, 2.75) is 33.9 Å². The standard InChI is InChI=1S/C19H22N4OS/c1-13-6-8-16(9-7-13)12-23-15(3)18(14(2)22-23)21-19(25)20-11-17-5-4-10-24-17/h4-10H,11-12H2,1-3H3,(H2,20,21,25). The van der Waals surface area contributed by atoms with Gasteiger partial charge in [-0.1, -0.05) is 29.8 Å². The first-order valence-corrected chi connectivity index (χ1v) is 8.60. The van der Waals surface area contributed by atoms with Crippen LogP contribution < -0.4 is 10.6 Å². The molecule has 3 rings (SSSR count). The first-order chi connectivity index (χ1) is 12.0. The molecule has 0 unspecified atom stereocenters. The molecule has 2 N–H and O–H groups in total. The van der Waals surface area contributed by atoms with Gasteiger partial charge in [-0.2, -0.15) is 5.10 Å². The number of benzene rings is 1. The fourth-order valence-corrected chi connectivity index (χ4v) is 2.81. The molecule has 5 nitrogen and oxygen atoms in total. The molecule has 0 saturated heterocycles. The first kappa shape index (κ1) is 17.2. The Bertz CT molecular complexity index is 850. The molecule has 0 bridgehead atoms. The summed E-state index contributed by atoms with van der Waals surface area (Å²) in [6, 6.07) is 12.3. The van der Waals surface area contributed by atoms with Gasteiger partial charge in [0, 0.05) is 0 Å². The monoisotopic (exact) mass is 354 g/mol. The third-order valence-electron chi connectivity index (χ3n) is 4.08. The molecule has 0 radical (unpaired) electrons. The number of nitrogens with zero attached hydrogens (tertiary/aromatic N) is 2. The van der Waals surface area contributed by atoms with Gasteiger partial charge >= 0.3 is 0 Å². The lowest BCUT2D eigenvalue weighted by molar-refractivity contribution is 0.503. The summed E-state index contributed by atoms with van der Waals surface area (Å²) in [6.07, 6.45) is 1.65. The van der Waals surface area contributed by atoms with Crippen molar-refractivity contribution in [3.05, 3.63) is 70.9 Å². The maximum Gasteiger partial charge on any atom is 0.171 e. The van der Waals surface area contributed by atoms with Crippen molar-refractivity contribution in [3.8, 4) is 0 Å². The van der Waals surface area contributed by atoms with E-state index < -0.39 is 0 Å². The van der Waals surface area contributed by atoms with E-state index in [9.17, 15) is 0 Å². The van der Waals surface area contributed by atoms with Crippen LogP contribution in [0.3, 0.4) is 0 Å². The van der Waals surface area contributed by atoms with Crippen molar-refractivity contribution in [2.24, 2.45) is 0 Å². The molecule has 0 amide bonds. The number of hydrogen-bond acceptors (Lipinski definition) is 3. The molecule has 0 aliphatic heterocycles. The van der Waals surface area contributed by atoms with E-state index in [0.29, 0.717) is 11.7 Å². The van der Waals surface area contributed by atoms with Crippen molar-refractivity contribution in [1.29, 1.82) is 0 Å². The van der Waals surface area contributed by atoms with E-state index >= 15 is 0 Å². The van der Waals surface area contributed by atoms with Crippen LogP contribution >= 0.6 is 12.2 Å². The van der Waals surface area contributed by atoms with Gasteiger partial charge in [0.15, 0.2) is 5.11 Å². The number of aryl methyl sites for hydroxylation is 2. The molecular weight excluding hydrogens is 332 g/mol. The number of thiocarbonyl (C=S) groups is 1. The van der Waals surface area contributed by atoms with E-state index in [0.717, 1.165) is 29.4 Å². The molecule has 0 aliphatic carbocycles. The van der Waals surface area contributed by atoms with Crippen LogP contribution in [-0.4, -0.2) is 14.9 Å². The normalized spacial score (nSPS) is 10.7. The van der Waals surface area contributed by atoms with E-state index in [2.05, 4.69) is 46.9 Å². The Balaban J connectivity index is 1.66. The van der Waals surface area contributed by atoms with Gasteiger partial charge in [0.1, 0.15) is 5.76 Å². The number of anilines is 1. The molecule has 2 aromatic heterocycles. The number of aromatic nitrogens is 2. The van der Waals surface area contributed by atoms with Crippen molar-refractivity contribution in [2.75, 3.05) is 5.32 Å². The summed E-state index contributed by atoms with van der Waals surface area (Å²) < 4.78 is 7.29. The van der Waals surface area contributed by atoms with E-state index in [4.69, 9.17) is 16.6 Å². The first-order valence-electron chi connectivity index (χ1n) is 8.19. The van der Waals surface area contributed by atoms with Crippen LogP contribution in [0, 0.1) is 20.8 Å². The molecule has 3 aromatic rings. The van der Waals surface area contributed by atoms with Crippen molar-refractivity contribution in [3.63, 3.8) is 0 Å². The topological polar surface area (TPSA) is 55.0 Å². The van der Waals surface area contributed by atoms with Crippen molar-refractivity contribution >= 4 is 23.0 Å². The molecule has 6 heteroatoms. The van der Waals surface area contributed by atoms with Gasteiger partial charge in [-0.15, -0.1) is 0 Å². The molecule has 130 valence electrons. The van der Waals surface area contributed by atoms with E-state index in [-0.39, 0.29) is 0 Å². The molecule has 0 fully saturated rings. The average molecular weight is 354 g/mol. The second kappa shape index (κ2) is 7.53. The molecule has 0 spiro atoms. The second-order valence-electron chi connectivity index (χ2n) is 6.08.